The number of hydrogen-bond acceptors (Lipinski definition) is 5. The van der Waals surface area contributed by atoms with Gasteiger partial charge in [-0.05, 0) is 26.8 Å². The summed E-state index contributed by atoms with van der Waals surface area (Å²) in [6.07, 6.45) is 2.41. The molecule has 0 aromatic carbocycles. The van der Waals surface area contributed by atoms with Crippen LogP contribution in [0.5, 0.6) is 0 Å². The number of imidazole rings is 1. The third-order valence-corrected chi connectivity index (χ3v) is 5.45. The molecule has 1 aromatic heterocycles. The van der Waals surface area contributed by atoms with Crippen LogP contribution in [0.3, 0.4) is 0 Å². The fourth-order valence-corrected chi connectivity index (χ4v) is 3.87. The van der Waals surface area contributed by atoms with Crippen LogP contribution < -0.4 is 10.5 Å². The summed E-state index contributed by atoms with van der Waals surface area (Å²) in [5.74, 6) is 0.461. The predicted octanol–water partition coefficient (Wildman–Crippen LogP) is -0.593. The van der Waals surface area contributed by atoms with Crippen LogP contribution in [-0.4, -0.2) is 54.4 Å². The van der Waals surface area contributed by atoms with Gasteiger partial charge in [-0.2, -0.15) is 4.72 Å². The first-order valence-electron chi connectivity index (χ1n) is 6.73. The van der Waals surface area contributed by atoms with Crippen molar-refractivity contribution in [1.82, 2.24) is 19.2 Å². The minimum atomic E-state index is -3.80. The molecule has 0 radical (unpaired) electrons. The van der Waals surface area contributed by atoms with Crippen LogP contribution in [0.25, 0.3) is 0 Å². The average molecular weight is 314 g/mol. The van der Waals surface area contributed by atoms with Gasteiger partial charge in [0.25, 0.3) is 10.0 Å². The predicted molar refractivity (Wildman–Crippen MR) is 79.6 cm³/mol. The van der Waals surface area contributed by atoms with Crippen LogP contribution in [0.15, 0.2) is 11.2 Å². The Morgan fingerprint density at radius 3 is 2.43 bits per heavy atom. The van der Waals surface area contributed by atoms with E-state index in [1.807, 2.05) is 7.05 Å². The highest BCUT2D eigenvalue weighted by Gasteiger charge is 2.41. The summed E-state index contributed by atoms with van der Waals surface area (Å²) in [5.41, 5.74) is 4.66. The first kappa shape index (κ1) is 15.9. The number of aryl methyl sites for hydroxylation is 2. The third-order valence-electron chi connectivity index (χ3n) is 4.05. The minimum Gasteiger partial charge on any atom is -0.386 e. The zero-order valence-electron chi connectivity index (χ0n) is 12.5. The maximum Gasteiger partial charge on any atom is 0.260 e. The molecule has 0 bridgehead atoms. The van der Waals surface area contributed by atoms with Crippen molar-refractivity contribution in [1.29, 1.82) is 5.41 Å². The Bertz CT molecular complexity index is 623. The van der Waals surface area contributed by atoms with Crippen molar-refractivity contribution in [3.8, 4) is 0 Å². The molecule has 118 valence electrons. The molecular formula is C12H22N6O2S. The summed E-state index contributed by atoms with van der Waals surface area (Å²) >= 11 is 0. The topological polar surface area (TPSA) is 117 Å². The molecule has 1 aliphatic heterocycles. The summed E-state index contributed by atoms with van der Waals surface area (Å²) < 4.78 is 29.3. The number of rotatable bonds is 4. The van der Waals surface area contributed by atoms with Gasteiger partial charge in [-0.1, -0.05) is 0 Å². The molecule has 1 aromatic rings. The molecule has 0 atom stereocenters. The van der Waals surface area contributed by atoms with E-state index in [4.69, 9.17) is 11.1 Å². The molecule has 21 heavy (non-hydrogen) atoms. The van der Waals surface area contributed by atoms with Gasteiger partial charge in [0.1, 0.15) is 11.7 Å². The van der Waals surface area contributed by atoms with Crippen LogP contribution >= 0.6 is 0 Å². The molecule has 9 heteroatoms. The fraction of sp³-hybridized carbons (Fsp3) is 0.667. The Kier molecular flexibility index (Phi) is 4.09. The quantitative estimate of drug-likeness (QED) is 0.507. The molecule has 2 heterocycles. The number of piperidine rings is 1. The van der Waals surface area contributed by atoms with Crippen LogP contribution in [0.1, 0.15) is 18.7 Å². The van der Waals surface area contributed by atoms with Crippen LogP contribution in [0, 0.1) is 12.3 Å². The molecule has 1 saturated heterocycles. The summed E-state index contributed by atoms with van der Waals surface area (Å²) in [5, 5.41) is 7.76. The number of aromatic nitrogens is 2. The van der Waals surface area contributed by atoms with Gasteiger partial charge in [0.2, 0.25) is 0 Å². The van der Waals surface area contributed by atoms with Gasteiger partial charge in [-0.3, -0.25) is 5.41 Å². The van der Waals surface area contributed by atoms with Crippen molar-refractivity contribution >= 4 is 15.9 Å². The first-order valence-corrected chi connectivity index (χ1v) is 8.22. The smallest absolute Gasteiger partial charge is 0.260 e. The van der Waals surface area contributed by atoms with Crippen molar-refractivity contribution in [2.75, 3.05) is 20.1 Å². The van der Waals surface area contributed by atoms with Gasteiger partial charge in [0.15, 0.2) is 5.03 Å². The summed E-state index contributed by atoms with van der Waals surface area (Å²) in [7, 11) is -0.111. The molecular weight excluding hydrogens is 292 g/mol. The SMILES string of the molecule is Cc1nc(S(=O)(=O)NC2(C(=N)N)CCN(C)CC2)cn1C. The highest BCUT2D eigenvalue weighted by molar-refractivity contribution is 7.89. The fourth-order valence-electron chi connectivity index (χ4n) is 2.39. The Labute approximate surface area is 124 Å². The van der Waals surface area contributed by atoms with Crippen LogP contribution in [0.4, 0.5) is 0 Å². The molecule has 2 rings (SSSR count). The summed E-state index contributed by atoms with van der Waals surface area (Å²) in [6.45, 7) is 3.10. The molecule has 0 aliphatic carbocycles. The normalized spacial score (nSPS) is 19.6. The molecule has 0 amide bonds. The second-order valence-electron chi connectivity index (χ2n) is 5.64. The number of sulfonamides is 1. The molecule has 0 unspecified atom stereocenters. The van der Waals surface area contributed by atoms with Gasteiger partial charge in [0, 0.05) is 26.3 Å². The highest BCUT2D eigenvalue weighted by Crippen LogP contribution is 2.24. The second kappa shape index (κ2) is 5.39. The monoisotopic (exact) mass is 314 g/mol. The van der Waals surface area contributed by atoms with Gasteiger partial charge < -0.3 is 15.2 Å². The lowest BCUT2D eigenvalue weighted by Crippen LogP contribution is -2.61. The van der Waals surface area contributed by atoms with Gasteiger partial charge in [-0.15, -0.1) is 0 Å². The van der Waals surface area contributed by atoms with E-state index in [2.05, 4.69) is 14.6 Å². The zero-order chi connectivity index (χ0) is 15.8. The van der Waals surface area contributed by atoms with Gasteiger partial charge in [-0.25, -0.2) is 13.4 Å². The lowest BCUT2D eigenvalue weighted by Gasteiger charge is -2.39. The average Bonchev–Trinajstić information content (AvgIpc) is 2.73. The molecule has 1 fully saturated rings. The summed E-state index contributed by atoms with van der Waals surface area (Å²) in [6, 6.07) is 0. The Balaban J connectivity index is 2.30. The van der Waals surface area contributed by atoms with Crippen molar-refractivity contribution in [3.05, 3.63) is 12.0 Å². The number of nitrogens with one attached hydrogen (secondary N) is 2. The van der Waals surface area contributed by atoms with E-state index in [0.29, 0.717) is 31.8 Å². The van der Waals surface area contributed by atoms with E-state index in [1.54, 1.807) is 18.5 Å². The highest BCUT2D eigenvalue weighted by atomic mass is 32.2. The van der Waals surface area contributed by atoms with Crippen molar-refractivity contribution in [2.24, 2.45) is 12.8 Å². The third kappa shape index (κ3) is 3.09. The minimum absolute atomic E-state index is 0.0398. The summed E-state index contributed by atoms with van der Waals surface area (Å²) in [4.78, 5) is 6.13. The van der Waals surface area contributed by atoms with Crippen LogP contribution in [-0.2, 0) is 17.1 Å². The first-order chi connectivity index (χ1) is 9.66. The van der Waals surface area contributed by atoms with Crippen molar-refractivity contribution < 1.29 is 8.42 Å². The van der Waals surface area contributed by atoms with E-state index in [1.165, 1.54) is 6.20 Å². The second-order valence-corrected chi connectivity index (χ2v) is 7.27. The van der Waals surface area contributed by atoms with E-state index in [0.717, 1.165) is 0 Å². The number of nitrogens with two attached hydrogens (primary N) is 1. The lowest BCUT2D eigenvalue weighted by atomic mass is 9.88. The Morgan fingerprint density at radius 2 is 2.00 bits per heavy atom. The lowest BCUT2D eigenvalue weighted by molar-refractivity contribution is 0.218. The number of nitrogens with zero attached hydrogens (tertiary/aromatic N) is 3. The molecule has 0 spiro atoms. The molecule has 8 nitrogen and oxygen atoms in total. The van der Waals surface area contributed by atoms with Crippen molar-refractivity contribution in [2.45, 2.75) is 30.3 Å². The Hall–Kier alpha value is -1.45. The maximum absolute atomic E-state index is 12.5. The largest absolute Gasteiger partial charge is 0.386 e. The van der Waals surface area contributed by atoms with E-state index in [9.17, 15) is 8.42 Å². The number of likely N-dealkylation sites (tertiary alicyclic amines) is 1. The van der Waals surface area contributed by atoms with Gasteiger partial charge in [0.05, 0.1) is 5.54 Å². The number of amidine groups is 1. The Morgan fingerprint density at radius 1 is 1.43 bits per heavy atom. The number of hydrogen-bond donors (Lipinski definition) is 3. The van der Waals surface area contributed by atoms with Crippen LogP contribution in [0.2, 0.25) is 0 Å². The van der Waals surface area contributed by atoms with Gasteiger partial charge >= 0.3 is 0 Å². The standard InChI is InChI=1S/C12H22N6O2S/c1-9-15-10(8-18(9)3)21(19,20)16-12(11(13)14)4-6-17(2)7-5-12/h8,16H,4-7H2,1-3H3,(H3,13,14). The molecule has 0 saturated carbocycles. The zero-order valence-corrected chi connectivity index (χ0v) is 13.4. The molecule has 4 N–H and O–H groups in total. The maximum atomic E-state index is 12.5. The van der Waals surface area contributed by atoms with E-state index < -0.39 is 15.6 Å². The van der Waals surface area contributed by atoms with Crippen molar-refractivity contribution in [3.63, 3.8) is 0 Å². The molecule has 1 aliphatic rings. The van der Waals surface area contributed by atoms with E-state index >= 15 is 0 Å². The van der Waals surface area contributed by atoms with E-state index in [-0.39, 0.29) is 10.9 Å².